The molecule has 3 heteroatoms. The van der Waals surface area contributed by atoms with E-state index in [9.17, 15) is 0 Å². The molecule has 1 aromatic carbocycles. The molecule has 0 spiro atoms. The molecule has 1 heterocycles. The fraction of sp³-hybridized carbons (Fsp3) is 0.500. The highest BCUT2D eigenvalue weighted by atomic mass is 15.2. The van der Waals surface area contributed by atoms with E-state index in [1.54, 1.807) is 0 Å². The molecule has 2 aromatic rings. The van der Waals surface area contributed by atoms with Crippen molar-refractivity contribution in [3.05, 3.63) is 47.8 Å². The maximum absolute atomic E-state index is 4.51. The Bertz CT molecular complexity index is 567. The number of hydrogen-bond donors (Lipinski definition) is 1. The first-order chi connectivity index (χ1) is 10.4. The third-order valence-corrected chi connectivity index (χ3v) is 4.57. The van der Waals surface area contributed by atoms with E-state index < -0.39 is 0 Å². The third kappa shape index (κ3) is 3.29. The first-order valence-electron chi connectivity index (χ1n) is 8.22. The molecular formula is C18H25N3. The van der Waals surface area contributed by atoms with Crippen molar-refractivity contribution in [1.29, 1.82) is 0 Å². The van der Waals surface area contributed by atoms with E-state index in [4.69, 9.17) is 0 Å². The van der Waals surface area contributed by atoms with E-state index in [0.29, 0.717) is 6.04 Å². The van der Waals surface area contributed by atoms with E-state index in [2.05, 4.69) is 52.3 Å². The van der Waals surface area contributed by atoms with Crippen LogP contribution in [0.1, 0.15) is 56.2 Å². The second-order valence-electron chi connectivity index (χ2n) is 5.93. The summed E-state index contributed by atoms with van der Waals surface area (Å²) in [6, 6.07) is 9.28. The lowest BCUT2D eigenvalue weighted by molar-refractivity contribution is 0.356. The van der Waals surface area contributed by atoms with Gasteiger partial charge >= 0.3 is 0 Å². The van der Waals surface area contributed by atoms with Crippen molar-refractivity contribution in [2.75, 3.05) is 5.32 Å². The van der Waals surface area contributed by atoms with Gasteiger partial charge in [0.25, 0.3) is 0 Å². The van der Waals surface area contributed by atoms with Crippen LogP contribution in [0.5, 0.6) is 0 Å². The molecule has 1 fully saturated rings. The van der Waals surface area contributed by atoms with Gasteiger partial charge in [0.05, 0.1) is 0 Å². The normalized spacial score (nSPS) is 16.0. The Hall–Kier alpha value is -1.77. The number of benzene rings is 1. The molecule has 1 aliphatic carbocycles. The van der Waals surface area contributed by atoms with Crippen LogP contribution < -0.4 is 5.32 Å². The summed E-state index contributed by atoms with van der Waals surface area (Å²) in [5.41, 5.74) is 2.79. The number of anilines is 1. The van der Waals surface area contributed by atoms with Crippen LogP contribution in [0.4, 0.5) is 5.95 Å². The van der Waals surface area contributed by atoms with Crippen LogP contribution in [0.3, 0.4) is 0 Å². The largest absolute Gasteiger partial charge is 0.352 e. The Balaban J connectivity index is 1.69. The van der Waals surface area contributed by atoms with Gasteiger partial charge in [-0.15, -0.1) is 0 Å². The molecular weight excluding hydrogens is 258 g/mol. The summed E-state index contributed by atoms with van der Waals surface area (Å²) < 4.78 is 2.34. The predicted octanol–water partition coefficient (Wildman–Crippen LogP) is 4.56. The average molecular weight is 283 g/mol. The number of rotatable bonds is 5. The van der Waals surface area contributed by atoms with Crippen LogP contribution in [0, 0.1) is 0 Å². The number of nitrogens with zero attached hydrogens (tertiary/aromatic N) is 2. The molecule has 0 amide bonds. The smallest absolute Gasteiger partial charge is 0.203 e. The van der Waals surface area contributed by atoms with Crippen molar-refractivity contribution in [2.24, 2.45) is 0 Å². The van der Waals surface area contributed by atoms with Gasteiger partial charge in [0, 0.05) is 25.0 Å². The highest BCUT2D eigenvalue weighted by Crippen LogP contribution is 2.30. The van der Waals surface area contributed by atoms with Gasteiger partial charge in [-0.2, -0.15) is 0 Å². The second kappa shape index (κ2) is 6.79. The molecule has 1 N–H and O–H groups in total. The minimum Gasteiger partial charge on any atom is -0.352 e. The van der Waals surface area contributed by atoms with Gasteiger partial charge in [-0.1, -0.05) is 50.5 Å². The zero-order valence-electron chi connectivity index (χ0n) is 12.9. The van der Waals surface area contributed by atoms with Crippen LogP contribution in [0.25, 0.3) is 0 Å². The van der Waals surface area contributed by atoms with Gasteiger partial charge in [0.2, 0.25) is 5.95 Å². The van der Waals surface area contributed by atoms with E-state index in [1.807, 2.05) is 6.20 Å². The van der Waals surface area contributed by atoms with Crippen LogP contribution >= 0.6 is 0 Å². The summed E-state index contributed by atoms with van der Waals surface area (Å²) in [5, 5.41) is 3.53. The molecule has 3 rings (SSSR count). The maximum Gasteiger partial charge on any atom is 0.203 e. The summed E-state index contributed by atoms with van der Waals surface area (Å²) in [4.78, 5) is 4.51. The van der Waals surface area contributed by atoms with E-state index in [0.717, 1.165) is 18.9 Å². The monoisotopic (exact) mass is 283 g/mol. The quantitative estimate of drug-likeness (QED) is 0.871. The molecule has 0 unspecified atom stereocenters. The SMILES string of the molecule is CCc1ccccc1CNc1nccn1C1CCCCC1. The zero-order chi connectivity index (χ0) is 14.5. The first kappa shape index (κ1) is 14.2. The van der Waals surface area contributed by atoms with Crippen LogP contribution in [-0.2, 0) is 13.0 Å². The highest BCUT2D eigenvalue weighted by molar-refractivity contribution is 5.33. The molecule has 0 saturated heterocycles. The molecule has 1 aliphatic rings. The van der Waals surface area contributed by atoms with Gasteiger partial charge in [0.15, 0.2) is 0 Å². The lowest BCUT2D eigenvalue weighted by Gasteiger charge is -2.25. The van der Waals surface area contributed by atoms with Crippen LogP contribution in [0.15, 0.2) is 36.7 Å². The number of aryl methyl sites for hydroxylation is 1. The standard InChI is InChI=1S/C18H25N3/c1-2-15-8-6-7-9-16(15)14-20-18-19-12-13-21(18)17-10-4-3-5-11-17/h6-9,12-13,17H,2-5,10-11,14H2,1H3,(H,19,20). The molecule has 112 valence electrons. The minimum absolute atomic E-state index is 0.630. The molecule has 0 radical (unpaired) electrons. The van der Waals surface area contributed by atoms with Crippen molar-refractivity contribution in [3.8, 4) is 0 Å². The topological polar surface area (TPSA) is 29.9 Å². The van der Waals surface area contributed by atoms with E-state index in [1.165, 1.54) is 43.2 Å². The molecule has 0 atom stereocenters. The lowest BCUT2D eigenvalue weighted by Crippen LogP contribution is -2.15. The average Bonchev–Trinajstić information content (AvgIpc) is 3.02. The Labute approximate surface area is 127 Å². The van der Waals surface area contributed by atoms with Gasteiger partial charge in [0.1, 0.15) is 0 Å². The third-order valence-electron chi connectivity index (χ3n) is 4.57. The summed E-state index contributed by atoms with van der Waals surface area (Å²) in [6.45, 7) is 3.07. The van der Waals surface area contributed by atoms with Crippen molar-refractivity contribution in [1.82, 2.24) is 9.55 Å². The lowest BCUT2D eigenvalue weighted by atomic mass is 9.95. The van der Waals surface area contributed by atoms with Gasteiger partial charge in [-0.05, 0) is 30.4 Å². The molecule has 1 saturated carbocycles. The fourth-order valence-corrected chi connectivity index (χ4v) is 3.35. The Kier molecular flexibility index (Phi) is 4.59. The van der Waals surface area contributed by atoms with Crippen molar-refractivity contribution < 1.29 is 0 Å². The molecule has 1 aromatic heterocycles. The highest BCUT2D eigenvalue weighted by Gasteiger charge is 2.17. The van der Waals surface area contributed by atoms with E-state index >= 15 is 0 Å². The van der Waals surface area contributed by atoms with Crippen molar-refractivity contribution in [2.45, 2.75) is 58.0 Å². The van der Waals surface area contributed by atoms with E-state index in [-0.39, 0.29) is 0 Å². The Morgan fingerprint density at radius 2 is 1.90 bits per heavy atom. The molecule has 3 nitrogen and oxygen atoms in total. The summed E-state index contributed by atoms with van der Waals surface area (Å²) in [5.74, 6) is 1.02. The molecule has 0 bridgehead atoms. The molecule has 0 aliphatic heterocycles. The number of hydrogen-bond acceptors (Lipinski definition) is 2. The summed E-state index contributed by atoms with van der Waals surface area (Å²) in [7, 11) is 0. The van der Waals surface area contributed by atoms with Gasteiger partial charge in [-0.25, -0.2) is 4.98 Å². The minimum atomic E-state index is 0.630. The Morgan fingerprint density at radius 3 is 2.67 bits per heavy atom. The number of nitrogens with one attached hydrogen (secondary N) is 1. The molecule has 21 heavy (non-hydrogen) atoms. The van der Waals surface area contributed by atoms with Crippen molar-refractivity contribution >= 4 is 5.95 Å². The summed E-state index contributed by atoms with van der Waals surface area (Å²) >= 11 is 0. The summed E-state index contributed by atoms with van der Waals surface area (Å²) in [6.07, 6.45) is 11.8. The van der Waals surface area contributed by atoms with Gasteiger partial charge < -0.3 is 9.88 Å². The number of imidazole rings is 1. The van der Waals surface area contributed by atoms with Crippen LogP contribution in [0.2, 0.25) is 0 Å². The Morgan fingerprint density at radius 1 is 1.14 bits per heavy atom. The van der Waals surface area contributed by atoms with Crippen LogP contribution in [-0.4, -0.2) is 9.55 Å². The van der Waals surface area contributed by atoms with Gasteiger partial charge in [-0.3, -0.25) is 0 Å². The fourth-order valence-electron chi connectivity index (χ4n) is 3.35. The second-order valence-corrected chi connectivity index (χ2v) is 5.93. The first-order valence-corrected chi connectivity index (χ1v) is 8.22. The van der Waals surface area contributed by atoms with Crippen molar-refractivity contribution in [3.63, 3.8) is 0 Å². The number of aromatic nitrogens is 2. The maximum atomic E-state index is 4.51. The predicted molar refractivity (Wildman–Crippen MR) is 87.5 cm³/mol. The zero-order valence-corrected chi connectivity index (χ0v) is 12.9.